The number of aryl methyl sites for hydroxylation is 1. The van der Waals surface area contributed by atoms with Crippen molar-refractivity contribution in [3.8, 4) is 0 Å². The molecule has 0 aliphatic carbocycles. The van der Waals surface area contributed by atoms with Gasteiger partial charge in [0.15, 0.2) is 5.05 Å². The van der Waals surface area contributed by atoms with Gasteiger partial charge in [-0.15, -0.1) is 0 Å². The number of rotatable bonds is 8. The van der Waals surface area contributed by atoms with Crippen molar-refractivity contribution in [2.45, 2.75) is 65.0 Å². The Morgan fingerprint density at radius 1 is 1.25 bits per heavy atom. The van der Waals surface area contributed by atoms with Crippen LogP contribution in [0.2, 0.25) is 0 Å². The predicted octanol–water partition coefficient (Wildman–Crippen LogP) is 4.66. The van der Waals surface area contributed by atoms with Crippen molar-refractivity contribution < 1.29 is 14.3 Å². The minimum absolute atomic E-state index is 0.341. The number of carbonyl (C=O) groups excluding carboxylic acids is 1. The number of thiocarbonyl (C=S) groups is 1. The molecule has 0 spiro atoms. The van der Waals surface area contributed by atoms with E-state index < -0.39 is 11.7 Å². The van der Waals surface area contributed by atoms with Crippen molar-refractivity contribution in [3.63, 3.8) is 0 Å². The number of hydrogen-bond acceptors (Lipinski definition) is 4. The van der Waals surface area contributed by atoms with E-state index in [0.29, 0.717) is 18.1 Å². The van der Waals surface area contributed by atoms with Crippen molar-refractivity contribution in [3.05, 3.63) is 35.9 Å². The molecule has 0 aliphatic heterocycles. The van der Waals surface area contributed by atoms with Crippen LogP contribution in [-0.4, -0.2) is 29.4 Å². The van der Waals surface area contributed by atoms with Crippen molar-refractivity contribution in [1.82, 2.24) is 5.32 Å². The summed E-state index contributed by atoms with van der Waals surface area (Å²) in [6.45, 7) is 8.18. The molecule has 0 saturated carbocycles. The maximum atomic E-state index is 12.1. The molecule has 1 unspecified atom stereocenters. The van der Waals surface area contributed by atoms with Gasteiger partial charge in [-0.1, -0.05) is 43.7 Å². The van der Waals surface area contributed by atoms with Gasteiger partial charge in [-0.3, -0.25) is 0 Å². The van der Waals surface area contributed by atoms with Crippen molar-refractivity contribution >= 4 is 23.4 Å². The Morgan fingerprint density at radius 3 is 2.50 bits per heavy atom. The second-order valence-corrected chi connectivity index (χ2v) is 7.15. The smallest absolute Gasteiger partial charge is 0.408 e. The minimum Gasteiger partial charge on any atom is -0.485 e. The SMILES string of the molecule is CCCCOC(=S)C(CCc1ccccc1)NC(=O)OC(C)(C)C. The van der Waals surface area contributed by atoms with Gasteiger partial charge in [0, 0.05) is 0 Å². The number of nitrogens with one attached hydrogen (secondary N) is 1. The normalized spacial score (nSPS) is 12.3. The van der Waals surface area contributed by atoms with Gasteiger partial charge < -0.3 is 14.8 Å². The fourth-order valence-corrected chi connectivity index (χ4v) is 2.33. The lowest BCUT2D eigenvalue weighted by Crippen LogP contribution is -2.44. The van der Waals surface area contributed by atoms with E-state index in [0.717, 1.165) is 19.3 Å². The second kappa shape index (κ2) is 10.3. The number of ether oxygens (including phenoxy) is 2. The fraction of sp³-hybridized carbons (Fsp3) is 0.579. The van der Waals surface area contributed by atoms with E-state index in [1.165, 1.54) is 5.56 Å². The summed E-state index contributed by atoms with van der Waals surface area (Å²) in [7, 11) is 0. The molecule has 1 N–H and O–H groups in total. The quantitative estimate of drug-likeness (QED) is 0.547. The van der Waals surface area contributed by atoms with E-state index in [4.69, 9.17) is 21.7 Å². The average molecular weight is 352 g/mol. The summed E-state index contributed by atoms with van der Waals surface area (Å²) in [5.74, 6) is 0. The number of amides is 1. The van der Waals surface area contributed by atoms with Crippen LogP contribution in [0.5, 0.6) is 0 Å². The molecular formula is C19H29NO3S. The first-order valence-electron chi connectivity index (χ1n) is 8.52. The van der Waals surface area contributed by atoms with Crippen molar-refractivity contribution in [2.24, 2.45) is 0 Å². The Kier molecular flexibility index (Phi) is 8.76. The van der Waals surface area contributed by atoms with Crippen LogP contribution in [0.25, 0.3) is 0 Å². The van der Waals surface area contributed by atoms with Gasteiger partial charge in [-0.2, -0.15) is 0 Å². The topological polar surface area (TPSA) is 47.6 Å². The molecule has 0 heterocycles. The highest BCUT2D eigenvalue weighted by atomic mass is 32.1. The zero-order chi connectivity index (χ0) is 18.0. The monoisotopic (exact) mass is 351 g/mol. The van der Waals surface area contributed by atoms with Crippen LogP contribution in [0.4, 0.5) is 4.79 Å². The lowest BCUT2D eigenvalue weighted by Gasteiger charge is -2.24. The van der Waals surface area contributed by atoms with Crippen LogP contribution >= 0.6 is 12.2 Å². The van der Waals surface area contributed by atoms with E-state index in [2.05, 4.69) is 24.4 Å². The second-order valence-electron chi connectivity index (χ2n) is 6.74. The average Bonchev–Trinajstić information content (AvgIpc) is 2.50. The molecule has 5 heteroatoms. The van der Waals surface area contributed by atoms with Crippen LogP contribution < -0.4 is 5.32 Å². The first-order valence-corrected chi connectivity index (χ1v) is 8.92. The summed E-state index contributed by atoms with van der Waals surface area (Å²) < 4.78 is 11.0. The molecule has 1 aromatic carbocycles. The standard InChI is InChI=1S/C19H29NO3S/c1-5-6-14-22-17(24)16(20-18(21)23-19(2,3)4)13-12-15-10-8-7-9-11-15/h7-11,16H,5-6,12-14H2,1-4H3,(H,20,21). The number of benzene rings is 1. The van der Waals surface area contributed by atoms with Gasteiger partial charge >= 0.3 is 6.09 Å². The molecule has 0 bridgehead atoms. The zero-order valence-corrected chi connectivity index (χ0v) is 15.9. The summed E-state index contributed by atoms with van der Waals surface area (Å²) in [5, 5.41) is 3.26. The number of unbranched alkanes of at least 4 members (excludes halogenated alkanes) is 1. The third-order valence-corrected chi connectivity index (χ3v) is 3.68. The molecule has 0 radical (unpaired) electrons. The van der Waals surface area contributed by atoms with Crippen LogP contribution in [0.3, 0.4) is 0 Å². The molecule has 0 aromatic heterocycles. The number of hydrogen-bond donors (Lipinski definition) is 1. The summed E-state index contributed by atoms with van der Waals surface area (Å²) >= 11 is 5.37. The third-order valence-electron chi connectivity index (χ3n) is 3.28. The van der Waals surface area contributed by atoms with Crippen LogP contribution in [0.15, 0.2) is 30.3 Å². The molecule has 0 fully saturated rings. The molecule has 0 saturated heterocycles. The fourth-order valence-electron chi connectivity index (χ4n) is 2.07. The molecule has 134 valence electrons. The van der Waals surface area contributed by atoms with Crippen LogP contribution in [0, 0.1) is 0 Å². The van der Waals surface area contributed by atoms with Crippen LogP contribution in [0.1, 0.15) is 52.5 Å². The molecule has 1 atom stereocenters. The molecule has 0 aliphatic rings. The minimum atomic E-state index is -0.543. The molecular weight excluding hydrogens is 322 g/mol. The Labute approximate surface area is 150 Å². The van der Waals surface area contributed by atoms with E-state index in [1.807, 2.05) is 39.0 Å². The molecule has 4 nitrogen and oxygen atoms in total. The van der Waals surface area contributed by atoms with E-state index >= 15 is 0 Å². The highest BCUT2D eigenvalue weighted by Gasteiger charge is 2.23. The summed E-state index contributed by atoms with van der Waals surface area (Å²) in [5.41, 5.74) is 0.656. The van der Waals surface area contributed by atoms with Gasteiger partial charge in [0.1, 0.15) is 11.6 Å². The van der Waals surface area contributed by atoms with Gasteiger partial charge in [0.05, 0.1) is 6.61 Å². The maximum Gasteiger partial charge on any atom is 0.408 e. The highest BCUT2D eigenvalue weighted by molar-refractivity contribution is 7.80. The van der Waals surface area contributed by atoms with Crippen LogP contribution in [-0.2, 0) is 15.9 Å². The largest absolute Gasteiger partial charge is 0.485 e. The maximum absolute atomic E-state index is 12.1. The molecule has 1 amide bonds. The Morgan fingerprint density at radius 2 is 1.92 bits per heavy atom. The summed E-state index contributed by atoms with van der Waals surface area (Å²) in [6.07, 6.45) is 2.99. The van der Waals surface area contributed by atoms with Crippen molar-refractivity contribution in [1.29, 1.82) is 0 Å². The van der Waals surface area contributed by atoms with Gasteiger partial charge in [0.2, 0.25) is 0 Å². The van der Waals surface area contributed by atoms with Gasteiger partial charge in [-0.05, 0) is 57.8 Å². The van der Waals surface area contributed by atoms with Gasteiger partial charge in [0.25, 0.3) is 0 Å². The first kappa shape index (κ1) is 20.4. The number of alkyl carbamates (subject to hydrolysis) is 1. The Bertz CT molecular complexity index is 511. The molecule has 1 rings (SSSR count). The lowest BCUT2D eigenvalue weighted by atomic mass is 10.1. The zero-order valence-electron chi connectivity index (χ0n) is 15.1. The highest BCUT2D eigenvalue weighted by Crippen LogP contribution is 2.11. The van der Waals surface area contributed by atoms with E-state index in [9.17, 15) is 4.79 Å². The first-order chi connectivity index (χ1) is 11.3. The number of carbonyl (C=O) groups is 1. The Balaban J connectivity index is 2.63. The lowest BCUT2D eigenvalue weighted by molar-refractivity contribution is 0.0511. The summed E-state index contributed by atoms with van der Waals surface area (Å²) in [4.78, 5) is 12.1. The predicted molar refractivity (Wildman–Crippen MR) is 101 cm³/mol. The van der Waals surface area contributed by atoms with Gasteiger partial charge in [-0.25, -0.2) is 4.79 Å². The van der Waals surface area contributed by atoms with Crippen molar-refractivity contribution in [2.75, 3.05) is 6.61 Å². The Hall–Kier alpha value is -1.62. The summed E-state index contributed by atoms with van der Waals surface area (Å²) in [6, 6.07) is 9.77. The molecule has 24 heavy (non-hydrogen) atoms. The van der Waals surface area contributed by atoms with E-state index in [1.54, 1.807) is 0 Å². The van der Waals surface area contributed by atoms with E-state index in [-0.39, 0.29) is 6.04 Å². The third kappa shape index (κ3) is 8.87. The molecule has 1 aromatic rings.